The van der Waals surface area contributed by atoms with Gasteiger partial charge in [-0.05, 0) is 70.6 Å². The Morgan fingerprint density at radius 2 is 0.867 bits per heavy atom. The fourth-order valence-electron chi connectivity index (χ4n) is 9.92. The minimum atomic E-state index is -1.58. The number of ether oxygens (including phenoxy) is 3. The molecule has 0 bridgehead atoms. The molecule has 0 spiro atoms. The van der Waals surface area contributed by atoms with Gasteiger partial charge in [-0.25, -0.2) is 0 Å². The molecule has 11 nitrogen and oxygen atoms in total. The van der Waals surface area contributed by atoms with Gasteiger partial charge < -0.3 is 45.1 Å². The molecular weight excluding hydrogens is 943 g/mol. The number of carbonyl (C=O) groups excluding carboxylic acids is 2. The highest BCUT2D eigenvalue weighted by atomic mass is 16.7. The van der Waals surface area contributed by atoms with E-state index in [1.54, 1.807) is 6.08 Å². The zero-order valence-electron chi connectivity index (χ0n) is 48.5. The van der Waals surface area contributed by atoms with Crippen LogP contribution in [0, 0.1) is 0 Å². The first-order valence-electron chi connectivity index (χ1n) is 31.8. The smallest absolute Gasteiger partial charge is 0.305 e. The summed E-state index contributed by atoms with van der Waals surface area (Å²) in [4.78, 5) is 25.0. The Morgan fingerprint density at radius 3 is 1.33 bits per heavy atom. The summed E-state index contributed by atoms with van der Waals surface area (Å²) in [5.41, 5.74) is 0. The van der Waals surface area contributed by atoms with Gasteiger partial charge >= 0.3 is 5.97 Å². The minimum absolute atomic E-state index is 0.00348. The first-order valence-corrected chi connectivity index (χ1v) is 31.8. The standard InChI is InChI=1S/C64H119NO10/c1-3-5-7-9-11-13-31-36-40-44-48-52-60(69)73-53-49-45-41-37-33-30-28-26-24-22-20-18-16-15-17-19-21-23-25-27-29-32-35-39-43-47-51-59(68)65-56(55-74-64-63(72)62(71)61(70)58(54-66)75-64)57(67)50-46-42-38-34-14-12-10-8-6-4-2/h14-15,17,34,46,50,56-58,61-64,66-67,70-72H,3-13,16,18-33,35-45,47-49,51-55H2,1-2H3,(H,65,68)/b17-15-,34-14+,50-46+. The van der Waals surface area contributed by atoms with Crippen LogP contribution in [0.5, 0.6) is 0 Å². The van der Waals surface area contributed by atoms with Gasteiger partial charge in [-0.3, -0.25) is 9.59 Å². The largest absolute Gasteiger partial charge is 0.466 e. The van der Waals surface area contributed by atoms with E-state index in [0.29, 0.717) is 19.4 Å². The second-order valence-corrected chi connectivity index (χ2v) is 22.1. The van der Waals surface area contributed by atoms with Gasteiger partial charge in [0.2, 0.25) is 5.91 Å². The van der Waals surface area contributed by atoms with Crippen LogP contribution >= 0.6 is 0 Å². The van der Waals surface area contributed by atoms with E-state index in [1.807, 2.05) is 6.08 Å². The molecule has 1 rings (SSSR count). The number of amides is 1. The lowest BCUT2D eigenvalue weighted by molar-refractivity contribution is -0.302. The van der Waals surface area contributed by atoms with Crippen LogP contribution in [-0.2, 0) is 23.8 Å². The van der Waals surface area contributed by atoms with Crippen molar-refractivity contribution < 1.29 is 49.3 Å². The number of hydrogen-bond acceptors (Lipinski definition) is 10. The number of allylic oxidation sites excluding steroid dienone is 5. The summed E-state index contributed by atoms with van der Waals surface area (Å²) in [5.74, 6) is -0.192. The number of nitrogens with one attached hydrogen (secondary N) is 1. The summed E-state index contributed by atoms with van der Waals surface area (Å²) in [5, 5.41) is 54.2. The third kappa shape index (κ3) is 43.4. The molecule has 0 aliphatic carbocycles. The Labute approximate surface area is 460 Å². The second kappa shape index (κ2) is 53.9. The van der Waals surface area contributed by atoms with Gasteiger partial charge in [0.25, 0.3) is 0 Å². The van der Waals surface area contributed by atoms with E-state index < -0.39 is 49.5 Å². The lowest BCUT2D eigenvalue weighted by Crippen LogP contribution is -2.60. The van der Waals surface area contributed by atoms with E-state index in [9.17, 15) is 35.1 Å². The summed E-state index contributed by atoms with van der Waals surface area (Å²) in [6.45, 7) is 4.30. The third-order valence-corrected chi connectivity index (χ3v) is 15.0. The van der Waals surface area contributed by atoms with Crippen LogP contribution in [0.15, 0.2) is 36.5 Å². The van der Waals surface area contributed by atoms with E-state index in [0.717, 1.165) is 57.8 Å². The Morgan fingerprint density at radius 1 is 0.480 bits per heavy atom. The van der Waals surface area contributed by atoms with Crippen molar-refractivity contribution >= 4 is 11.9 Å². The molecule has 11 heteroatoms. The summed E-state index contributed by atoms with van der Waals surface area (Å²) in [6, 6.07) is -0.828. The van der Waals surface area contributed by atoms with Crippen LogP contribution in [0.1, 0.15) is 296 Å². The van der Waals surface area contributed by atoms with E-state index in [2.05, 4.69) is 43.5 Å². The Kier molecular flexibility index (Phi) is 50.9. The Balaban J connectivity index is 2.00. The highest BCUT2D eigenvalue weighted by Gasteiger charge is 2.44. The highest BCUT2D eigenvalue weighted by molar-refractivity contribution is 5.76. The zero-order valence-corrected chi connectivity index (χ0v) is 48.5. The number of hydrogen-bond donors (Lipinski definition) is 6. The fourth-order valence-corrected chi connectivity index (χ4v) is 9.92. The monoisotopic (exact) mass is 1060 g/mol. The molecule has 0 aromatic heterocycles. The van der Waals surface area contributed by atoms with Crippen LogP contribution in [0.4, 0.5) is 0 Å². The topological polar surface area (TPSA) is 175 Å². The first-order chi connectivity index (χ1) is 36.7. The summed E-state index contributed by atoms with van der Waals surface area (Å²) >= 11 is 0. The molecule has 1 amide bonds. The molecule has 440 valence electrons. The van der Waals surface area contributed by atoms with Gasteiger partial charge in [0, 0.05) is 12.8 Å². The average Bonchev–Trinajstić information content (AvgIpc) is 3.41. The van der Waals surface area contributed by atoms with E-state index >= 15 is 0 Å². The normalized spacial score (nSPS) is 18.9. The molecule has 1 aliphatic heterocycles. The van der Waals surface area contributed by atoms with Gasteiger partial charge in [-0.1, -0.05) is 249 Å². The van der Waals surface area contributed by atoms with Gasteiger partial charge in [0.1, 0.15) is 24.4 Å². The molecular formula is C64H119NO10. The van der Waals surface area contributed by atoms with Gasteiger partial charge in [0.05, 0.1) is 32.0 Å². The second-order valence-electron chi connectivity index (χ2n) is 22.1. The number of aliphatic hydroxyl groups excluding tert-OH is 5. The van der Waals surface area contributed by atoms with Crippen molar-refractivity contribution in [3.05, 3.63) is 36.5 Å². The van der Waals surface area contributed by atoms with Crippen molar-refractivity contribution in [2.24, 2.45) is 0 Å². The summed E-state index contributed by atoms with van der Waals surface area (Å²) in [7, 11) is 0. The lowest BCUT2D eigenvalue weighted by atomic mass is 9.99. The number of rotatable bonds is 55. The molecule has 1 saturated heterocycles. The van der Waals surface area contributed by atoms with Crippen LogP contribution in [-0.4, -0.2) is 100 Å². The van der Waals surface area contributed by atoms with Gasteiger partial charge in [-0.2, -0.15) is 0 Å². The van der Waals surface area contributed by atoms with Gasteiger partial charge in [0.15, 0.2) is 6.29 Å². The predicted molar refractivity (Wildman–Crippen MR) is 311 cm³/mol. The first kappa shape index (κ1) is 70.9. The molecule has 0 saturated carbocycles. The van der Waals surface area contributed by atoms with Crippen LogP contribution in [0.3, 0.4) is 0 Å². The number of aliphatic hydroxyl groups is 5. The predicted octanol–water partition coefficient (Wildman–Crippen LogP) is 15.1. The highest BCUT2D eigenvalue weighted by Crippen LogP contribution is 2.23. The maximum atomic E-state index is 13.0. The van der Waals surface area contributed by atoms with Crippen molar-refractivity contribution in [2.45, 2.75) is 339 Å². The number of carbonyl (C=O) groups is 2. The van der Waals surface area contributed by atoms with Crippen molar-refractivity contribution in [3.63, 3.8) is 0 Å². The zero-order chi connectivity index (χ0) is 54.5. The molecule has 0 radical (unpaired) electrons. The molecule has 7 unspecified atom stereocenters. The summed E-state index contributed by atoms with van der Waals surface area (Å²) in [6.07, 6.45) is 57.0. The lowest BCUT2D eigenvalue weighted by Gasteiger charge is -2.40. The molecule has 75 heavy (non-hydrogen) atoms. The maximum Gasteiger partial charge on any atom is 0.305 e. The minimum Gasteiger partial charge on any atom is -0.466 e. The van der Waals surface area contributed by atoms with Crippen LogP contribution in [0.2, 0.25) is 0 Å². The molecule has 1 fully saturated rings. The van der Waals surface area contributed by atoms with E-state index in [4.69, 9.17) is 14.2 Å². The van der Waals surface area contributed by atoms with Crippen LogP contribution in [0.25, 0.3) is 0 Å². The molecule has 6 N–H and O–H groups in total. The molecule has 1 aliphatic rings. The van der Waals surface area contributed by atoms with Crippen molar-refractivity contribution in [2.75, 3.05) is 19.8 Å². The quantitative estimate of drug-likeness (QED) is 0.0195. The number of unbranched alkanes of at least 4 members (excludes halogenated alkanes) is 37. The maximum absolute atomic E-state index is 13.0. The fraction of sp³-hybridized carbons (Fsp3) is 0.875. The third-order valence-electron chi connectivity index (χ3n) is 15.0. The van der Waals surface area contributed by atoms with Crippen molar-refractivity contribution in [1.82, 2.24) is 5.32 Å². The average molecular weight is 1060 g/mol. The summed E-state index contributed by atoms with van der Waals surface area (Å²) < 4.78 is 16.7. The molecule has 0 aromatic rings. The number of esters is 1. The SMILES string of the molecule is CCCCCC/C=C/CC/C=C/C(O)C(COC1OC(CO)C(O)C(O)C1O)NC(=O)CCCCCCCCCCCC/C=C\CCCCCCCCCCCCCCOC(=O)CCCCCCCCCCCCC. The Hall–Kier alpha value is -2.12. The van der Waals surface area contributed by atoms with E-state index in [-0.39, 0.29) is 18.5 Å². The van der Waals surface area contributed by atoms with Gasteiger partial charge in [-0.15, -0.1) is 0 Å². The van der Waals surface area contributed by atoms with Crippen molar-refractivity contribution in [3.8, 4) is 0 Å². The molecule has 1 heterocycles. The van der Waals surface area contributed by atoms with E-state index in [1.165, 1.54) is 212 Å². The Bertz CT molecular complexity index is 1340. The molecule has 7 atom stereocenters. The molecule has 0 aromatic carbocycles. The van der Waals surface area contributed by atoms with Crippen molar-refractivity contribution in [1.29, 1.82) is 0 Å². The van der Waals surface area contributed by atoms with Crippen LogP contribution < -0.4 is 5.32 Å².